The standard InChI is InChI=1S/C13H14N4O7/c1-7-14-9-6-10(16(19)20)13(23-3)12(17(21)22)11(9)15(7)4-5-24-8(2)18/h6H,4-5H2,1-3H3. The third-order valence-corrected chi connectivity index (χ3v) is 3.33. The molecule has 0 aliphatic carbocycles. The number of aryl methyl sites for hydroxylation is 1. The number of ether oxygens (including phenoxy) is 2. The highest BCUT2D eigenvalue weighted by molar-refractivity contribution is 5.92. The Morgan fingerprint density at radius 1 is 1.33 bits per heavy atom. The maximum Gasteiger partial charge on any atom is 0.343 e. The minimum atomic E-state index is -0.765. The van der Waals surface area contributed by atoms with Gasteiger partial charge in [0.05, 0.1) is 23.5 Å². The molecule has 0 unspecified atom stereocenters. The first-order valence-corrected chi connectivity index (χ1v) is 6.77. The summed E-state index contributed by atoms with van der Waals surface area (Å²) in [5.74, 6) is -0.547. The van der Waals surface area contributed by atoms with Gasteiger partial charge in [0.15, 0.2) is 5.52 Å². The summed E-state index contributed by atoms with van der Waals surface area (Å²) < 4.78 is 11.2. The predicted molar refractivity (Wildman–Crippen MR) is 81.0 cm³/mol. The van der Waals surface area contributed by atoms with Crippen LogP contribution in [0.25, 0.3) is 11.0 Å². The van der Waals surface area contributed by atoms with Crippen LogP contribution in [-0.2, 0) is 16.1 Å². The van der Waals surface area contributed by atoms with Gasteiger partial charge in [0.1, 0.15) is 17.9 Å². The molecule has 24 heavy (non-hydrogen) atoms. The Hall–Kier alpha value is -3.24. The SMILES string of the molecule is COc1c([N+](=O)[O-])cc2nc(C)n(CCOC(C)=O)c2c1[N+](=O)[O-]. The second kappa shape index (κ2) is 6.48. The average molecular weight is 338 g/mol. The molecule has 0 saturated carbocycles. The van der Waals surface area contributed by atoms with Gasteiger partial charge in [-0.3, -0.25) is 25.0 Å². The van der Waals surface area contributed by atoms with Gasteiger partial charge in [-0.15, -0.1) is 0 Å². The molecule has 11 heteroatoms. The number of esters is 1. The van der Waals surface area contributed by atoms with Gasteiger partial charge in [0, 0.05) is 13.0 Å². The lowest BCUT2D eigenvalue weighted by Crippen LogP contribution is -2.11. The maximum absolute atomic E-state index is 11.5. The summed E-state index contributed by atoms with van der Waals surface area (Å²) in [5.41, 5.74) is -0.923. The fraction of sp³-hybridized carbons (Fsp3) is 0.385. The van der Waals surface area contributed by atoms with Crippen LogP contribution in [0.4, 0.5) is 11.4 Å². The van der Waals surface area contributed by atoms with E-state index in [4.69, 9.17) is 9.47 Å². The van der Waals surface area contributed by atoms with E-state index in [1.165, 1.54) is 11.5 Å². The van der Waals surface area contributed by atoms with Crippen molar-refractivity contribution < 1.29 is 24.1 Å². The zero-order valence-corrected chi connectivity index (χ0v) is 13.1. The molecule has 1 aromatic carbocycles. The zero-order chi connectivity index (χ0) is 18.0. The number of imidazole rings is 1. The zero-order valence-electron chi connectivity index (χ0n) is 13.1. The van der Waals surface area contributed by atoms with E-state index < -0.39 is 32.9 Å². The number of nitrogens with zero attached hydrogens (tertiary/aromatic N) is 4. The molecule has 0 saturated heterocycles. The van der Waals surface area contributed by atoms with Crippen LogP contribution in [0, 0.1) is 27.2 Å². The lowest BCUT2D eigenvalue weighted by atomic mass is 10.2. The van der Waals surface area contributed by atoms with Crippen LogP contribution in [-0.4, -0.2) is 39.1 Å². The minimum Gasteiger partial charge on any atom is -0.485 e. The molecule has 1 aromatic heterocycles. The smallest absolute Gasteiger partial charge is 0.343 e. The first-order valence-electron chi connectivity index (χ1n) is 6.77. The van der Waals surface area contributed by atoms with Crippen LogP contribution >= 0.6 is 0 Å². The van der Waals surface area contributed by atoms with E-state index in [0.29, 0.717) is 5.82 Å². The lowest BCUT2D eigenvalue weighted by Gasteiger charge is -2.09. The second-order valence-corrected chi connectivity index (χ2v) is 4.81. The van der Waals surface area contributed by atoms with Gasteiger partial charge in [0.2, 0.25) is 0 Å². The number of nitro benzene ring substituents is 2. The van der Waals surface area contributed by atoms with Crippen molar-refractivity contribution in [2.45, 2.75) is 20.4 Å². The molecule has 2 rings (SSSR count). The van der Waals surface area contributed by atoms with Gasteiger partial charge in [-0.25, -0.2) is 4.98 Å². The summed E-state index contributed by atoms with van der Waals surface area (Å²) in [6.07, 6.45) is 0. The van der Waals surface area contributed by atoms with Gasteiger partial charge in [-0.1, -0.05) is 0 Å². The Morgan fingerprint density at radius 3 is 2.50 bits per heavy atom. The normalized spacial score (nSPS) is 10.6. The Kier molecular flexibility index (Phi) is 4.62. The summed E-state index contributed by atoms with van der Waals surface area (Å²) in [7, 11) is 1.12. The van der Waals surface area contributed by atoms with Crippen LogP contribution in [0.15, 0.2) is 6.07 Å². The van der Waals surface area contributed by atoms with Crippen LogP contribution < -0.4 is 4.74 Å². The molecule has 0 aliphatic rings. The summed E-state index contributed by atoms with van der Waals surface area (Å²) in [4.78, 5) is 36.1. The number of fused-ring (bicyclic) bond motifs is 1. The predicted octanol–water partition coefficient (Wildman–Crippen LogP) is 1.73. The molecular formula is C13H14N4O7. The van der Waals surface area contributed by atoms with Crippen LogP contribution in [0.1, 0.15) is 12.7 Å². The van der Waals surface area contributed by atoms with Crippen molar-refractivity contribution in [3.63, 3.8) is 0 Å². The minimum absolute atomic E-state index is 0.0158. The van der Waals surface area contributed by atoms with Crippen LogP contribution in [0.2, 0.25) is 0 Å². The van der Waals surface area contributed by atoms with Crippen molar-refractivity contribution in [2.75, 3.05) is 13.7 Å². The van der Waals surface area contributed by atoms with Gasteiger partial charge >= 0.3 is 17.3 Å². The molecule has 0 aliphatic heterocycles. The van der Waals surface area contributed by atoms with Crippen molar-refractivity contribution in [3.8, 4) is 5.75 Å². The molecule has 2 aromatic rings. The van der Waals surface area contributed by atoms with E-state index in [0.717, 1.165) is 13.2 Å². The topological polar surface area (TPSA) is 140 Å². The number of carbonyl (C=O) groups excluding carboxylic acids is 1. The van der Waals surface area contributed by atoms with Gasteiger partial charge < -0.3 is 14.0 Å². The van der Waals surface area contributed by atoms with E-state index in [2.05, 4.69) is 4.98 Å². The number of methoxy groups -OCH3 is 1. The van der Waals surface area contributed by atoms with Crippen molar-refractivity contribution >= 4 is 28.4 Å². The number of carbonyl (C=O) groups is 1. The van der Waals surface area contributed by atoms with E-state index in [-0.39, 0.29) is 24.2 Å². The van der Waals surface area contributed by atoms with Crippen molar-refractivity contribution in [3.05, 3.63) is 32.1 Å². The second-order valence-electron chi connectivity index (χ2n) is 4.81. The monoisotopic (exact) mass is 338 g/mol. The average Bonchev–Trinajstić information content (AvgIpc) is 2.80. The highest BCUT2D eigenvalue weighted by Crippen LogP contribution is 2.42. The molecule has 0 spiro atoms. The molecule has 0 fully saturated rings. The number of hydrogen-bond donors (Lipinski definition) is 0. The Labute approximate surface area is 135 Å². The number of aromatic nitrogens is 2. The maximum atomic E-state index is 11.5. The molecule has 0 bridgehead atoms. The summed E-state index contributed by atoms with van der Waals surface area (Å²) in [6, 6.07) is 1.12. The van der Waals surface area contributed by atoms with Crippen molar-refractivity contribution in [1.29, 1.82) is 0 Å². The number of hydrogen-bond acceptors (Lipinski definition) is 8. The summed E-state index contributed by atoms with van der Waals surface area (Å²) >= 11 is 0. The molecule has 0 amide bonds. The summed E-state index contributed by atoms with van der Waals surface area (Å²) in [5, 5.41) is 22.6. The van der Waals surface area contributed by atoms with E-state index >= 15 is 0 Å². The van der Waals surface area contributed by atoms with Gasteiger partial charge in [-0.2, -0.15) is 0 Å². The number of rotatable bonds is 6. The van der Waals surface area contributed by atoms with Crippen LogP contribution in [0.5, 0.6) is 5.75 Å². The number of nitro groups is 2. The van der Waals surface area contributed by atoms with E-state index in [1.807, 2.05) is 0 Å². The summed E-state index contributed by atoms with van der Waals surface area (Å²) in [6.45, 7) is 2.94. The fourth-order valence-electron chi connectivity index (χ4n) is 2.42. The highest BCUT2D eigenvalue weighted by Gasteiger charge is 2.33. The van der Waals surface area contributed by atoms with E-state index in [1.54, 1.807) is 6.92 Å². The molecule has 11 nitrogen and oxygen atoms in total. The Morgan fingerprint density at radius 2 is 2.00 bits per heavy atom. The largest absolute Gasteiger partial charge is 0.485 e. The number of benzene rings is 1. The molecule has 128 valence electrons. The fourth-order valence-corrected chi connectivity index (χ4v) is 2.42. The Balaban J connectivity index is 2.73. The molecular weight excluding hydrogens is 324 g/mol. The van der Waals surface area contributed by atoms with Crippen molar-refractivity contribution in [2.24, 2.45) is 0 Å². The quantitative estimate of drug-likeness (QED) is 0.440. The molecule has 1 heterocycles. The molecule has 0 radical (unpaired) electrons. The van der Waals surface area contributed by atoms with Crippen molar-refractivity contribution in [1.82, 2.24) is 9.55 Å². The molecule has 0 N–H and O–H groups in total. The third-order valence-electron chi connectivity index (χ3n) is 3.33. The Bertz CT molecular complexity index is 843. The van der Waals surface area contributed by atoms with Gasteiger partial charge in [0.25, 0.3) is 5.75 Å². The first-order chi connectivity index (χ1) is 11.3. The van der Waals surface area contributed by atoms with Gasteiger partial charge in [-0.05, 0) is 6.92 Å². The highest BCUT2D eigenvalue weighted by atomic mass is 16.6. The third kappa shape index (κ3) is 2.95. The lowest BCUT2D eigenvalue weighted by molar-refractivity contribution is -0.394. The van der Waals surface area contributed by atoms with E-state index in [9.17, 15) is 25.0 Å². The van der Waals surface area contributed by atoms with Crippen LogP contribution in [0.3, 0.4) is 0 Å². The molecule has 0 atom stereocenters. The first kappa shape index (κ1) is 17.1.